The second-order valence-electron chi connectivity index (χ2n) is 2.91. The highest BCUT2D eigenvalue weighted by Crippen LogP contribution is 2.08. The number of para-hydroxylation sites is 1. The Morgan fingerprint density at radius 3 is 2.62 bits per heavy atom. The summed E-state index contributed by atoms with van der Waals surface area (Å²) in [5.74, 6) is 0.154. The highest BCUT2D eigenvalue weighted by molar-refractivity contribution is 6.19. The molecule has 0 spiro atoms. The first-order chi connectivity index (χ1) is 6.24. The third-order valence-corrected chi connectivity index (χ3v) is 2.18. The summed E-state index contributed by atoms with van der Waals surface area (Å²) in [5.41, 5.74) is 0.810. The van der Waals surface area contributed by atoms with Gasteiger partial charge in [0.2, 0.25) is 5.91 Å². The van der Waals surface area contributed by atoms with Crippen molar-refractivity contribution in [3.05, 3.63) is 30.3 Å². The maximum Gasteiger partial charge on any atom is 0.228 e. The van der Waals surface area contributed by atoms with Gasteiger partial charge < -0.3 is 5.32 Å². The third-order valence-electron chi connectivity index (χ3n) is 1.72. The lowest BCUT2D eigenvalue weighted by molar-refractivity contribution is -0.118. The van der Waals surface area contributed by atoms with Gasteiger partial charge in [-0.05, 0) is 12.1 Å². The molecule has 1 aromatic rings. The molecule has 1 amide bonds. The quantitative estimate of drug-likeness (QED) is 0.742. The Hall–Kier alpha value is -1.02. The summed E-state index contributed by atoms with van der Waals surface area (Å²) in [4.78, 5) is 11.3. The van der Waals surface area contributed by atoms with Gasteiger partial charge in [-0.1, -0.05) is 25.1 Å². The van der Waals surface area contributed by atoms with Crippen LogP contribution in [0.3, 0.4) is 0 Å². The van der Waals surface area contributed by atoms with Gasteiger partial charge in [-0.25, -0.2) is 0 Å². The van der Waals surface area contributed by atoms with Crippen LogP contribution in [0, 0.1) is 5.92 Å². The van der Waals surface area contributed by atoms with Crippen molar-refractivity contribution in [2.45, 2.75) is 6.92 Å². The van der Waals surface area contributed by atoms with Gasteiger partial charge >= 0.3 is 0 Å². The predicted molar refractivity (Wildman–Crippen MR) is 55.0 cm³/mol. The molecule has 70 valence electrons. The molecule has 1 aromatic carbocycles. The Kier molecular flexibility index (Phi) is 3.77. The van der Waals surface area contributed by atoms with Crippen LogP contribution in [0.4, 0.5) is 5.69 Å². The molecule has 0 aromatic heterocycles. The maximum atomic E-state index is 11.3. The van der Waals surface area contributed by atoms with Crippen LogP contribution in [-0.4, -0.2) is 11.8 Å². The lowest BCUT2D eigenvalue weighted by Gasteiger charge is -2.08. The summed E-state index contributed by atoms with van der Waals surface area (Å²) in [6.07, 6.45) is 0. The standard InChI is InChI=1S/C10H12ClNO/c1-8(7-11)10(13)12-9-5-3-2-4-6-9/h2-6,8H,7H2,1H3,(H,12,13). The summed E-state index contributed by atoms with van der Waals surface area (Å²) >= 11 is 5.55. The topological polar surface area (TPSA) is 29.1 Å². The minimum absolute atomic E-state index is 0.0406. The van der Waals surface area contributed by atoms with E-state index in [9.17, 15) is 4.79 Å². The van der Waals surface area contributed by atoms with Crippen LogP contribution in [-0.2, 0) is 4.79 Å². The Bertz CT molecular complexity index is 274. The molecule has 0 aliphatic rings. The molecule has 1 rings (SSSR count). The molecular formula is C10H12ClNO. The molecule has 0 aliphatic carbocycles. The summed E-state index contributed by atoms with van der Waals surface area (Å²) in [6.45, 7) is 1.80. The molecule has 0 radical (unpaired) electrons. The average molecular weight is 198 g/mol. The van der Waals surface area contributed by atoms with Gasteiger partial charge in [-0.15, -0.1) is 11.6 Å². The zero-order chi connectivity index (χ0) is 9.68. The second-order valence-corrected chi connectivity index (χ2v) is 3.22. The Labute approximate surface area is 82.9 Å². The van der Waals surface area contributed by atoms with E-state index < -0.39 is 0 Å². The van der Waals surface area contributed by atoms with E-state index in [2.05, 4.69) is 5.32 Å². The van der Waals surface area contributed by atoms with Gasteiger partial charge in [-0.2, -0.15) is 0 Å². The highest BCUT2D eigenvalue weighted by atomic mass is 35.5. The second kappa shape index (κ2) is 4.87. The van der Waals surface area contributed by atoms with Crippen molar-refractivity contribution in [1.82, 2.24) is 0 Å². The monoisotopic (exact) mass is 197 g/mol. The fraction of sp³-hybridized carbons (Fsp3) is 0.300. The number of hydrogen-bond acceptors (Lipinski definition) is 1. The third kappa shape index (κ3) is 3.07. The number of anilines is 1. The van der Waals surface area contributed by atoms with Gasteiger partial charge in [0.15, 0.2) is 0 Å². The molecule has 1 unspecified atom stereocenters. The van der Waals surface area contributed by atoms with E-state index in [1.165, 1.54) is 0 Å². The number of benzene rings is 1. The van der Waals surface area contributed by atoms with Gasteiger partial charge in [0.25, 0.3) is 0 Å². The van der Waals surface area contributed by atoms with Crippen molar-refractivity contribution in [3.63, 3.8) is 0 Å². The summed E-state index contributed by atoms with van der Waals surface area (Å²) in [7, 11) is 0. The van der Waals surface area contributed by atoms with Crippen LogP contribution in [0.5, 0.6) is 0 Å². The average Bonchev–Trinajstić information content (AvgIpc) is 2.18. The van der Waals surface area contributed by atoms with Crippen LogP contribution in [0.1, 0.15) is 6.92 Å². The maximum absolute atomic E-state index is 11.3. The summed E-state index contributed by atoms with van der Waals surface area (Å²) in [6, 6.07) is 9.35. The molecule has 3 heteroatoms. The first-order valence-corrected chi connectivity index (χ1v) is 4.69. The SMILES string of the molecule is CC(CCl)C(=O)Nc1ccccc1. The van der Waals surface area contributed by atoms with Crippen molar-refractivity contribution in [2.75, 3.05) is 11.2 Å². The van der Waals surface area contributed by atoms with Crippen molar-refractivity contribution < 1.29 is 4.79 Å². The van der Waals surface area contributed by atoms with Crippen molar-refractivity contribution in [2.24, 2.45) is 5.92 Å². The lowest BCUT2D eigenvalue weighted by atomic mass is 10.2. The molecule has 1 atom stereocenters. The highest BCUT2D eigenvalue weighted by Gasteiger charge is 2.10. The van der Waals surface area contributed by atoms with E-state index in [0.29, 0.717) is 5.88 Å². The van der Waals surface area contributed by atoms with Gasteiger partial charge in [0, 0.05) is 17.5 Å². The van der Waals surface area contributed by atoms with Gasteiger partial charge in [-0.3, -0.25) is 4.79 Å². The molecule has 0 saturated carbocycles. The fourth-order valence-electron chi connectivity index (χ4n) is 0.857. The molecule has 2 nitrogen and oxygen atoms in total. The number of amides is 1. The minimum atomic E-state index is -0.151. The number of hydrogen-bond donors (Lipinski definition) is 1. The van der Waals surface area contributed by atoms with Crippen LogP contribution < -0.4 is 5.32 Å². The smallest absolute Gasteiger partial charge is 0.228 e. The first kappa shape index (κ1) is 10.1. The van der Waals surface area contributed by atoms with Crippen molar-refractivity contribution >= 4 is 23.2 Å². The molecule has 0 saturated heterocycles. The normalized spacial score (nSPS) is 12.2. The minimum Gasteiger partial charge on any atom is -0.326 e. The Morgan fingerprint density at radius 1 is 1.46 bits per heavy atom. The number of halogens is 1. The summed E-state index contributed by atoms with van der Waals surface area (Å²) in [5, 5.41) is 2.77. The molecule has 0 aliphatic heterocycles. The van der Waals surface area contributed by atoms with Crippen molar-refractivity contribution in [3.8, 4) is 0 Å². The van der Waals surface area contributed by atoms with Gasteiger partial charge in [0.05, 0.1) is 0 Å². The summed E-state index contributed by atoms with van der Waals surface area (Å²) < 4.78 is 0. The van der Waals surface area contributed by atoms with Gasteiger partial charge in [0.1, 0.15) is 0 Å². The zero-order valence-corrected chi connectivity index (χ0v) is 8.21. The van der Waals surface area contributed by atoms with E-state index in [0.717, 1.165) is 5.69 Å². The molecule has 0 heterocycles. The Balaban J connectivity index is 2.55. The van der Waals surface area contributed by atoms with Crippen LogP contribution in [0.2, 0.25) is 0 Å². The lowest BCUT2D eigenvalue weighted by Crippen LogP contribution is -2.21. The number of nitrogens with one attached hydrogen (secondary N) is 1. The van der Waals surface area contributed by atoms with E-state index in [1.54, 1.807) is 6.92 Å². The van der Waals surface area contributed by atoms with Crippen LogP contribution in [0.25, 0.3) is 0 Å². The molecule has 1 N–H and O–H groups in total. The fourth-order valence-corrected chi connectivity index (χ4v) is 0.997. The van der Waals surface area contributed by atoms with E-state index in [1.807, 2.05) is 30.3 Å². The molecule has 0 fully saturated rings. The van der Waals surface area contributed by atoms with E-state index >= 15 is 0 Å². The van der Waals surface area contributed by atoms with Crippen molar-refractivity contribution in [1.29, 1.82) is 0 Å². The van der Waals surface area contributed by atoms with Crippen LogP contribution in [0.15, 0.2) is 30.3 Å². The largest absolute Gasteiger partial charge is 0.326 e. The first-order valence-electron chi connectivity index (χ1n) is 4.16. The van der Waals surface area contributed by atoms with E-state index in [4.69, 9.17) is 11.6 Å². The molecule has 0 bridgehead atoms. The number of rotatable bonds is 3. The molecule has 13 heavy (non-hydrogen) atoms. The molecular weight excluding hydrogens is 186 g/mol. The number of alkyl halides is 1. The number of carbonyl (C=O) groups excluding carboxylic acids is 1. The van der Waals surface area contributed by atoms with Crippen LogP contribution >= 0.6 is 11.6 Å². The zero-order valence-electron chi connectivity index (χ0n) is 7.46. The Morgan fingerprint density at radius 2 is 2.08 bits per heavy atom. The predicted octanol–water partition coefficient (Wildman–Crippen LogP) is 2.50. The van der Waals surface area contributed by atoms with E-state index in [-0.39, 0.29) is 11.8 Å². The number of carbonyl (C=O) groups is 1.